The molecule has 1 aromatic heterocycles. The summed E-state index contributed by atoms with van der Waals surface area (Å²) in [6.07, 6.45) is 2.85. The highest BCUT2D eigenvalue weighted by atomic mass is 16.2. The Morgan fingerprint density at radius 1 is 1.11 bits per heavy atom. The van der Waals surface area contributed by atoms with Gasteiger partial charge in [0.25, 0.3) is 0 Å². The Morgan fingerprint density at radius 3 is 2.41 bits per heavy atom. The molecule has 6 nitrogen and oxygen atoms in total. The molecular formula is C21H28N4O2. The first-order chi connectivity index (χ1) is 12.9. The molecule has 2 amide bonds. The number of imidazole rings is 1. The van der Waals surface area contributed by atoms with E-state index < -0.39 is 0 Å². The molecule has 4 rings (SSSR count). The summed E-state index contributed by atoms with van der Waals surface area (Å²) in [5, 5.41) is 0. The molecule has 1 aliphatic carbocycles. The normalized spacial score (nSPS) is 17.8. The van der Waals surface area contributed by atoms with E-state index in [0.29, 0.717) is 38.5 Å². The van der Waals surface area contributed by atoms with Crippen LogP contribution in [0.4, 0.5) is 0 Å². The maximum absolute atomic E-state index is 12.7. The standard InChI is InChI=1S/C21H28N4O2/c1-14(2)21(27)25-10-8-24(9-11-25)19(26)13-15-4-7-18-17(12-15)22-20(23(18)3)16-5-6-16/h4,7,12,14,16H,5-6,8-11,13H2,1-3H3. The second-order valence-electron chi connectivity index (χ2n) is 8.16. The van der Waals surface area contributed by atoms with Gasteiger partial charge in [0.15, 0.2) is 0 Å². The molecule has 1 aliphatic heterocycles. The largest absolute Gasteiger partial charge is 0.339 e. The van der Waals surface area contributed by atoms with E-state index in [1.807, 2.05) is 29.7 Å². The zero-order valence-corrected chi connectivity index (χ0v) is 16.4. The van der Waals surface area contributed by atoms with Gasteiger partial charge in [-0.05, 0) is 30.5 Å². The lowest BCUT2D eigenvalue weighted by atomic mass is 10.1. The summed E-state index contributed by atoms with van der Waals surface area (Å²) in [4.78, 5) is 33.3. The van der Waals surface area contributed by atoms with Crippen LogP contribution in [0.5, 0.6) is 0 Å². The molecule has 0 atom stereocenters. The molecule has 2 aliphatic rings. The second-order valence-corrected chi connectivity index (χ2v) is 8.16. The van der Waals surface area contributed by atoms with Gasteiger partial charge >= 0.3 is 0 Å². The molecule has 6 heteroatoms. The lowest BCUT2D eigenvalue weighted by molar-refractivity contribution is -0.141. The van der Waals surface area contributed by atoms with E-state index >= 15 is 0 Å². The number of fused-ring (bicyclic) bond motifs is 1. The molecule has 2 aromatic rings. The van der Waals surface area contributed by atoms with Gasteiger partial charge in [-0.1, -0.05) is 19.9 Å². The van der Waals surface area contributed by atoms with Crippen molar-refractivity contribution in [2.45, 2.75) is 39.0 Å². The first-order valence-corrected chi connectivity index (χ1v) is 9.96. The number of hydrogen-bond acceptors (Lipinski definition) is 3. The Hall–Kier alpha value is -2.37. The van der Waals surface area contributed by atoms with Crippen LogP contribution in [-0.2, 0) is 23.1 Å². The number of benzene rings is 1. The molecule has 1 saturated carbocycles. The zero-order valence-electron chi connectivity index (χ0n) is 16.4. The van der Waals surface area contributed by atoms with Crippen molar-refractivity contribution in [1.82, 2.24) is 19.4 Å². The maximum Gasteiger partial charge on any atom is 0.227 e. The topological polar surface area (TPSA) is 58.4 Å². The van der Waals surface area contributed by atoms with Gasteiger partial charge in [0.2, 0.25) is 11.8 Å². The lowest BCUT2D eigenvalue weighted by Gasteiger charge is -2.35. The Balaban J connectivity index is 1.40. The number of hydrogen-bond donors (Lipinski definition) is 0. The summed E-state index contributed by atoms with van der Waals surface area (Å²) in [7, 11) is 2.08. The molecule has 1 aromatic carbocycles. The highest BCUT2D eigenvalue weighted by Gasteiger charge is 2.29. The van der Waals surface area contributed by atoms with Crippen molar-refractivity contribution in [3.8, 4) is 0 Å². The predicted octanol–water partition coefficient (Wildman–Crippen LogP) is 2.32. The fraction of sp³-hybridized carbons (Fsp3) is 0.571. The van der Waals surface area contributed by atoms with Crippen molar-refractivity contribution in [3.05, 3.63) is 29.6 Å². The minimum Gasteiger partial charge on any atom is -0.339 e. The predicted molar refractivity (Wildman–Crippen MR) is 104 cm³/mol. The number of amides is 2. The summed E-state index contributed by atoms with van der Waals surface area (Å²) >= 11 is 0. The molecule has 0 bridgehead atoms. The van der Waals surface area contributed by atoms with Crippen LogP contribution in [0.3, 0.4) is 0 Å². The van der Waals surface area contributed by atoms with Crippen LogP contribution in [0.1, 0.15) is 44.0 Å². The Kier molecular flexibility index (Phi) is 4.66. The smallest absolute Gasteiger partial charge is 0.227 e. The monoisotopic (exact) mass is 368 g/mol. The second kappa shape index (κ2) is 6.98. The lowest BCUT2D eigenvalue weighted by Crippen LogP contribution is -2.51. The van der Waals surface area contributed by atoms with Gasteiger partial charge in [0.05, 0.1) is 17.5 Å². The Labute approximate surface area is 160 Å². The van der Waals surface area contributed by atoms with E-state index in [1.54, 1.807) is 0 Å². The molecule has 2 fully saturated rings. The van der Waals surface area contributed by atoms with E-state index in [9.17, 15) is 9.59 Å². The van der Waals surface area contributed by atoms with E-state index in [-0.39, 0.29) is 17.7 Å². The van der Waals surface area contributed by atoms with Gasteiger partial charge in [-0.25, -0.2) is 4.98 Å². The van der Waals surface area contributed by atoms with Crippen molar-refractivity contribution in [1.29, 1.82) is 0 Å². The van der Waals surface area contributed by atoms with Crippen LogP contribution in [0.2, 0.25) is 0 Å². The van der Waals surface area contributed by atoms with Crippen LogP contribution in [0.15, 0.2) is 18.2 Å². The average Bonchev–Trinajstić information content (AvgIpc) is 3.45. The Morgan fingerprint density at radius 2 is 1.78 bits per heavy atom. The number of nitrogens with zero attached hydrogens (tertiary/aromatic N) is 4. The summed E-state index contributed by atoms with van der Waals surface area (Å²) in [6.45, 7) is 6.34. The number of carbonyl (C=O) groups is 2. The zero-order chi connectivity index (χ0) is 19.1. The highest BCUT2D eigenvalue weighted by molar-refractivity contribution is 5.83. The fourth-order valence-corrected chi connectivity index (χ4v) is 3.91. The number of aryl methyl sites for hydroxylation is 1. The fourth-order valence-electron chi connectivity index (χ4n) is 3.91. The van der Waals surface area contributed by atoms with E-state index in [4.69, 9.17) is 4.98 Å². The summed E-state index contributed by atoms with van der Waals surface area (Å²) in [5.74, 6) is 2.09. The quantitative estimate of drug-likeness (QED) is 0.832. The van der Waals surface area contributed by atoms with Crippen LogP contribution in [0, 0.1) is 5.92 Å². The first kappa shape index (κ1) is 18.0. The van der Waals surface area contributed by atoms with Crippen LogP contribution in [0.25, 0.3) is 11.0 Å². The first-order valence-electron chi connectivity index (χ1n) is 9.96. The minimum absolute atomic E-state index is 0.0119. The van der Waals surface area contributed by atoms with Crippen molar-refractivity contribution in [2.24, 2.45) is 13.0 Å². The van der Waals surface area contributed by atoms with E-state index in [2.05, 4.69) is 23.7 Å². The molecule has 144 valence electrons. The molecular weight excluding hydrogens is 340 g/mol. The van der Waals surface area contributed by atoms with Crippen molar-refractivity contribution in [3.63, 3.8) is 0 Å². The maximum atomic E-state index is 12.7. The van der Waals surface area contributed by atoms with Gasteiger partial charge in [0, 0.05) is 45.1 Å². The number of piperazine rings is 1. The van der Waals surface area contributed by atoms with Gasteiger partial charge in [-0.15, -0.1) is 0 Å². The van der Waals surface area contributed by atoms with Gasteiger partial charge in [-0.3, -0.25) is 9.59 Å². The molecule has 0 spiro atoms. The van der Waals surface area contributed by atoms with E-state index in [1.165, 1.54) is 18.7 Å². The number of aromatic nitrogens is 2. The Bertz CT molecular complexity index is 874. The van der Waals surface area contributed by atoms with Crippen LogP contribution >= 0.6 is 0 Å². The third-order valence-electron chi connectivity index (χ3n) is 5.72. The number of carbonyl (C=O) groups excluding carboxylic acids is 2. The summed E-state index contributed by atoms with van der Waals surface area (Å²) < 4.78 is 2.18. The van der Waals surface area contributed by atoms with Gasteiger partial charge in [0.1, 0.15) is 5.82 Å². The minimum atomic E-state index is 0.0119. The van der Waals surface area contributed by atoms with Crippen molar-refractivity contribution < 1.29 is 9.59 Å². The third kappa shape index (κ3) is 3.57. The third-order valence-corrected chi connectivity index (χ3v) is 5.72. The number of rotatable bonds is 4. The van der Waals surface area contributed by atoms with Crippen molar-refractivity contribution >= 4 is 22.8 Å². The van der Waals surface area contributed by atoms with E-state index in [0.717, 1.165) is 16.6 Å². The van der Waals surface area contributed by atoms with Crippen LogP contribution < -0.4 is 0 Å². The molecule has 27 heavy (non-hydrogen) atoms. The van der Waals surface area contributed by atoms with Gasteiger partial charge < -0.3 is 14.4 Å². The van der Waals surface area contributed by atoms with Gasteiger partial charge in [-0.2, -0.15) is 0 Å². The molecule has 0 radical (unpaired) electrons. The molecule has 0 unspecified atom stereocenters. The average molecular weight is 368 g/mol. The summed E-state index contributed by atoms with van der Waals surface area (Å²) in [6, 6.07) is 6.17. The molecule has 1 saturated heterocycles. The molecule has 2 heterocycles. The summed E-state index contributed by atoms with van der Waals surface area (Å²) in [5.41, 5.74) is 3.12. The highest BCUT2D eigenvalue weighted by Crippen LogP contribution is 2.40. The molecule has 0 N–H and O–H groups in total. The SMILES string of the molecule is CC(C)C(=O)N1CCN(C(=O)Cc2ccc3c(c2)nc(C2CC2)n3C)CC1. The van der Waals surface area contributed by atoms with Crippen molar-refractivity contribution in [2.75, 3.05) is 26.2 Å². The van der Waals surface area contributed by atoms with Crippen LogP contribution in [-0.4, -0.2) is 57.3 Å².